The van der Waals surface area contributed by atoms with Gasteiger partial charge in [0.1, 0.15) is 0 Å². The first-order chi connectivity index (χ1) is 7.86. The molecule has 2 heteroatoms. The molecule has 1 aliphatic rings. The average molecular weight is 215 g/mol. The topological polar surface area (TPSA) is 29.1 Å². The van der Waals surface area contributed by atoms with E-state index in [1.165, 1.54) is 5.56 Å². The molecule has 1 amide bonds. The number of carbonyl (C=O) groups excluding carboxylic acids is 1. The van der Waals surface area contributed by atoms with E-state index < -0.39 is 0 Å². The fourth-order valence-electron chi connectivity index (χ4n) is 1.95. The fourth-order valence-corrected chi connectivity index (χ4v) is 1.95. The summed E-state index contributed by atoms with van der Waals surface area (Å²) in [5.74, 6) is 0.372. The van der Waals surface area contributed by atoms with E-state index in [0.29, 0.717) is 0 Å². The van der Waals surface area contributed by atoms with E-state index in [1.54, 1.807) is 0 Å². The molecule has 0 atom stereocenters. The second-order valence-electron chi connectivity index (χ2n) is 4.17. The van der Waals surface area contributed by atoms with Crippen molar-refractivity contribution < 1.29 is 4.79 Å². The van der Waals surface area contributed by atoms with Gasteiger partial charge in [0.25, 0.3) is 0 Å². The smallest absolute Gasteiger partial charge is 0.223 e. The summed E-state index contributed by atoms with van der Waals surface area (Å²) in [7, 11) is 0. The Morgan fingerprint density at radius 1 is 1.19 bits per heavy atom. The number of nitrogens with one attached hydrogen (secondary N) is 1. The number of allylic oxidation sites excluding steroid dienone is 2. The first kappa shape index (κ1) is 10.9. The van der Waals surface area contributed by atoms with Crippen molar-refractivity contribution in [2.75, 3.05) is 6.54 Å². The Labute approximate surface area is 96.4 Å². The molecule has 0 saturated carbocycles. The molecule has 0 saturated heterocycles. The summed E-state index contributed by atoms with van der Waals surface area (Å²) in [6.07, 6.45) is 6.88. The largest absolute Gasteiger partial charge is 0.356 e. The molecule has 0 heterocycles. The summed E-state index contributed by atoms with van der Waals surface area (Å²) in [6.45, 7) is 0.735. The van der Waals surface area contributed by atoms with E-state index in [1.807, 2.05) is 18.2 Å². The van der Waals surface area contributed by atoms with Gasteiger partial charge in [0, 0.05) is 12.5 Å². The van der Waals surface area contributed by atoms with Gasteiger partial charge in [-0.05, 0) is 24.8 Å². The number of hydrogen-bond acceptors (Lipinski definition) is 1. The molecule has 2 rings (SSSR count). The van der Waals surface area contributed by atoms with Crippen LogP contribution in [0.25, 0.3) is 0 Å². The first-order valence-electron chi connectivity index (χ1n) is 5.83. The molecule has 2 nitrogen and oxygen atoms in total. The van der Waals surface area contributed by atoms with Gasteiger partial charge >= 0.3 is 0 Å². The lowest BCUT2D eigenvalue weighted by Crippen LogP contribution is -2.31. The van der Waals surface area contributed by atoms with Crippen LogP contribution in [0.4, 0.5) is 0 Å². The summed E-state index contributed by atoms with van der Waals surface area (Å²) in [6, 6.07) is 10.2. The minimum absolute atomic E-state index is 0.177. The molecule has 0 bridgehead atoms. The van der Waals surface area contributed by atoms with E-state index in [-0.39, 0.29) is 11.8 Å². The Hall–Kier alpha value is -1.57. The zero-order valence-electron chi connectivity index (χ0n) is 9.36. The molecule has 0 spiro atoms. The van der Waals surface area contributed by atoms with Gasteiger partial charge in [-0.15, -0.1) is 0 Å². The van der Waals surface area contributed by atoms with Gasteiger partial charge in [0.05, 0.1) is 0 Å². The summed E-state index contributed by atoms with van der Waals surface area (Å²) in [5.41, 5.74) is 1.27. The molecule has 84 valence electrons. The summed E-state index contributed by atoms with van der Waals surface area (Å²) >= 11 is 0. The maximum atomic E-state index is 11.7. The zero-order valence-corrected chi connectivity index (χ0v) is 9.36. The van der Waals surface area contributed by atoms with Crippen LogP contribution in [0, 0.1) is 5.92 Å². The van der Waals surface area contributed by atoms with Gasteiger partial charge < -0.3 is 5.32 Å². The van der Waals surface area contributed by atoms with E-state index in [4.69, 9.17) is 0 Å². The lowest BCUT2D eigenvalue weighted by atomic mass is 10.1. The van der Waals surface area contributed by atoms with Gasteiger partial charge in [0.2, 0.25) is 5.91 Å². The highest BCUT2D eigenvalue weighted by Crippen LogP contribution is 2.17. The number of rotatable bonds is 4. The molecular weight excluding hydrogens is 198 g/mol. The second-order valence-corrected chi connectivity index (χ2v) is 4.17. The average Bonchev–Trinajstić information content (AvgIpc) is 2.84. The molecular formula is C14H17NO. The minimum Gasteiger partial charge on any atom is -0.356 e. The SMILES string of the molecule is O=C(NCCc1ccccc1)C1CC=CC1. The van der Waals surface area contributed by atoms with Crippen LogP contribution in [-0.2, 0) is 11.2 Å². The third-order valence-corrected chi connectivity index (χ3v) is 2.93. The molecule has 0 aromatic heterocycles. The van der Waals surface area contributed by atoms with Gasteiger partial charge in [-0.25, -0.2) is 0 Å². The number of amides is 1. The van der Waals surface area contributed by atoms with Crippen LogP contribution in [0.2, 0.25) is 0 Å². The Morgan fingerprint density at radius 3 is 2.56 bits per heavy atom. The maximum Gasteiger partial charge on any atom is 0.223 e. The Bertz CT molecular complexity index is 362. The lowest BCUT2D eigenvalue weighted by Gasteiger charge is -2.10. The molecule has 1 aromatic rings. The normalized spacial score (nSPS) is 15.2. The molecule has 16 heavy (non-hydrogen) atoms. The highest BCUT2D eigenvalue weighted by Gasteiger charge is 2.18. The third kappa shape index (κ3) is 2.96. The van der Waals surface area contributed by atoms with Crippen molar-refractivity contribution in [1.29, 1.82) is 0 Å². The van der Waals surface area contributed by atoms with Crippen LogP contribution in [0.5, 0.6) is 0 Å². The quantitative estimate of drug-likeness (QED) is 0.767. The maximum absolute atomic E-state index is 11.7. The lowest BCUT2D eigenvalue weighted by molar-refractivity contribution is -0.124. The molecule has 0 fully saturated rings. The Kier molecular flexibility index (Phi) is 3.76. The molecule has 1 aliphatic carbocycles. The number of carbonyl (C=O) groups is 1. The van der Waals surface area contributed by atoms with E-state index in [2.05, 4.69) is 29.6 Å². The number of hydrogen-bond donors (Lipinski definition) is 1. The van der Waals surface area contributed by atoms with Crippen molar-refractivity contribution in [3.63, 3.8) is 0 Å². The van der Waals surface area contributed by atoms with Gasteiger partial charge in [0.15, 0.2) is 0 Å². The van der Waals surface area contributed by atoms with Crippen molar-refractivity contribution in [2.45, 2.75) is 19.3 Å². The molecule has 0 aliphatic heterocycles. The molecule has 1 N–H and O–H groups in total. The van der Waals surface area contributed by atoms with Crippen LogP contribution in [-0.4, -0.2) is 12.5 Å². The first-order valence-corrected chi connectivity index (χ1v) is 5.83. The van der Waals surface area contributed by atoms with Crippen molar-refractivity contribution in [2.24, 2.45) is 5.92 Å². The summed E-state index contributed by atoms with van der Waals surface area (Å²) in [4.78, 5) is 11.7. The Morgan fingerprint density at radius 2 is 1.88 bits per heavy atom. The van der Waals surface area contributed by atoms with Crippen molar-refractivity contribution in [3.8, 4) is 0 Å². The predicted molar refractivity (Wildman–Crippen MR) is 65.0 cm³/mol. The van der Waals surface area contributed by atoms with E-state index in [0.717, 1.165) is 25.8 Å². The fraction of sp³-hybridized carbons (Fsp3) is 0.357. The standard InChI is InChI=1S/C14H17NO/c16-14(13-8-4-5-9-13)15-11-10-12-6-2-1-3-7-12/h1-7,13H,8-11H2,(H,15,16). The molecule has 1 aromatic carbocycles. The van der Waals surface area contributed by atoms with Gasteiger partial charge in [-0.3, -0.25) is 4.79 Å². The van der Waals surface area contributed by atoms with Gasteiger partial charge in [-0.1, -0.05) is 42.5 Å². The molecule has 0 radical (unpaired) electrons. The van der Waals surface area contributed by atoms with Crippen molar-refractivity contribution in [1.82, 2.24) is 5.32 Å². The van der Waals surface area contributed by atoms with Crippen LogP contribution in [0.15, 0.2) is 42.5 Å². The summed E-state index contributed by atoms with van der Waals surface area (Å²) < 4.78 is 0. The predicted octanol–water partition coefficient (Wildman–Crippen LogP) is 2.31. The second kappa shape index (κ2) is 5.50. The van der Waals surface area contributed by atoms with Crippen molar-refractivity contribution >= 4 is 5.91 Å². The molecule has 0 unspecified atom stereocenters. The van der Waals surface area contributed by atoms with Crippen LogP contribution < -0.4 is 5.32 Å². The van der Waals surface area contributed by atoms with Crippen molar-refractivity contribution in [3.05, 3.63) is 48.0 Å². The minimum atomic E-state index is 0.177. The van der Waals surface area contributed by atoms with Gasteiger partial charge in [-0.2, -0.15) is 0 Å². The van der Waals surface area contributed by atoms with Crippen LogP contribution in [0.1, 0.15) is 18.4 Å². The highest BCUT2D eigenvalue weighted by molar-refractivity contribution is 5.79. The summed E-state index contributed by atoms with van der Waals surface area (Å²) in [5, 5.41) is 2.99. The monoisotopic (exact) mass is 215 g/mol. The Balaban J connectivity index is 1.70. The zero-order chi connectivity index (χ0) is 11.2. The third-order valence-electron chi connectivity index (χ3n) is 2.93. The van der Waals surface area contributed by atoms with Crippen LogP contribution in [0.3, 0.4) is 0 Å². The van der Waals surface area contributed by atoms with E-state index >= 15 is 0 Å². The highest BCUT2D eigenvalue weighted by atomic mass is 16.1. The van der Waals surface area contributed by atoms with Crippen LogP contribution >= 0.6 is 0 Å². The van der Waals surface area contributed by atoms with E-state index in [9.17, 15) is 4.79 Å². The number of benzene rings is 1.